The Labute approximate surface area is 202 Å². The second-order valence-electron chi connectivity index (χ2n) is 7.93. The van der Waals surface area contributed by atoms with Crippen molar-refractivity contribution in [2.24, 2.45) is 0 Å². The molecule has 0 spiro atoms. The van der Waals surface area contributed by atoms with Crippen LogP contribution < -0.4 is 0 Å². The van der Waals surface area contributed by atoms with Gasteiger partial charge < -0.3 is 4.42 Å². The molecular weight excluding hydrogens is 400 g/mol. The number of hydrogen-bond donors (Lipinski definition) is 0. The minimum absolute atomic E-state index is 0.194. The van der Waals surface area contributed by atoms with Crippen LogP contribution in [0.5, 0.6) is 0 Å². The molecule has 1 heterocycles. The number of furan rings is 1. The van der Waals surface area contributed by atoms with Crippen LogP contribution in [0.15, 0.2) is 126 Å². The summed E-state index contributed by atoms with van der Waals surface area (Å²) in [4.78, 5) is 0. The fourth-order valence-corrected chi connectivity index (χ4v) is 4.69. The summed E-state index contributed by atoms with van der Waals surface area (Å²) < 4.78 is 76.1. The van der Waals surface area contributed by atoms with Crippen LogP contribution >= 0.6 is 0 Å². The first-order valence-electron chi connectivity index (χ1n) is 14.6. The van der Waals surface area contributed by atoms with Gasteiger partial charge in [-0.1, -0.05) is 103 Å². The first-order chi connectivity index (χ1) is 19.7. The quantitative estimate of drug-likeness (QED) is 0.250. The number of para-hydroxylation sites is 1. The fourth-order valence-electron chi connectivity index (χ4n) is 4.69. The van der Waals surface area contributed by atoms with E-state index in [1.54, 1.807) is 36.4 Å². The highest BCUT2D eigenvalue weighted by Crippen LogP contribution is 2.44. The lowest BCUT2D eigenvalue weighted by molar-refractivity contribution is 0.669. The van der Waals surface area contributed by atoms with E-state index >= 15 is 0 Å². The first kappa shape index (κ1) is 12.0. The maximum atomic E-state index is 9.03. The van der Waals surface area contributed by atoms with Gasteiger partial charge in [-0.05, 0) is 62.0 Å². The summed E-state index contributed by atoms with van der Waals surface area (Å²) in [7, 11) is 0. The maximum Gasteiger partial charge on any atom is 0.135 e. The van der Waals surface area contributed by atoms with Crippen LogP contribution in [-0.2, 0) is 0 Å². The summed E-state index contributed by atoms with van der Waals surface area (Å²) in [6, 6.07) is 19.2. The molecule has 0 unspecified atom stereocenters. The van der Waals surface area contributed by atoms with Gasteiger partial charge in [0.1, 0.15) is 11.2 Å². The van der Waals surface area contributed by atoms with Gasteiger partial charge in [-0.3, -0.25) is 0 Å². The Morgan fingerprint density at radius 2 is 1.00 bits per heavy atom. The molecule has 6 aromatic carbocycles. The van der Waals surface area contributed by atoms with Gasteiger partial charge in [-0.15, -0.1) is 0 Å². The minimum atomic E-state index is -0.419. The van der Waals surface area contributed by atoms with Crippen molar-refractivity contribution in [1.82, 2.24) is 0 Å². The molecule has 0 fully saturated rings. The van der Waals surface area contributed by atoms with Crippen molar-refractivity contribution in [3.63, 3.8) is 0 Å². The average molecular weight is 429 g/mol. The van der Waals surface area contributed by atoms with Crippen molar-refractivity contribution in [2.75, 3.05) is 0 Å². The summed E-state index contributed by atoms with van der Waals surface area (Å²) in [5.74, 6) is 0. The van der Waals surface area contributed by atoms with Gasteiger partial charge in [0, 0.05) is 10.8 Å². The largest absolute Gasteiger partial charge is 0.456 e. The Balaban J connectivity index is 1.81. The van der Waals surface area contributed by atoms with Crippen molar-refractivity contribution in [1.29, 1.82) is 0 Å². The lowest BCUT2D eigenvalue weighted by atomic mass is 9.86. The summed E-state index contributed by atoms with van der Waals surface area (Å²) >= 11 is 0. The fraction of sp³-hybridized carbons (Fsp3) is 0. The Hall–Kier alpha value is -4.36. The summed E-state index contributed by atoms with van der Waals surface area (Å²) in [5.41, 5.74) is 3.12. The first-order valence-corrected chi connectivity index (χ1v) is 10.6. The molecule has 1 aromatic heterocycles. The molecule has 1 heteroatoms. The molecule has 33 heavy (non-hydrogen) atoms. The molecular formula is C32H20O. The van der Waals surface area contributed by atoms with E-state index in [1.165, 1.54) is 0 Å². The molecule has 0 aliphatic rings. The van der Waals surface area contributed by atoms with Gasteiger partial charge in [0.15, 0.2) is 0 Å². The second kappa shape index (κ2) is 7.08. The summed E-state index contributed by atoms with van der Waals surface area (Å²) in [6.07, 6.45) is 0. The van der Waals surface area contributed by atoms with E-state index in [1.807, 2.05) is 36.4 Å². The van der Waals surface area contributed by atoms with E-state index in [0.717, 1.165) is 10.8 Å². The molecule has 1 nitrogen and oxygen atoms in total. The predicted molar refractivity (Wildman–Crippen MR) is 140 cm³/mol. The van der Waals surface area contributed by atoms with E-state index in [2.05, 4.69) is 0 Å². The van der Waals surface area contributed by atoms with Crippen molar-refractivity contribution < 1.29 is 15.4 Å². The van der Waals surface area contributed by atoms with Gasteiger partial charge in [-0.2, -0.15) is 0 Å². The normalized spacial score (nSPS) is 15.0. The van der Waals surface area contributed by atoms with Crippen molar-refractivity contribution >= 4 is 43.5 Å². The molecule has 154 valence electrons. The molecule has 7 aromatic rings. The standard InChI is InChI=1S/C32H20O/c1-2-10-21(11-3-1)31-24-13-4-6-15-26(24)32(27-16-7-5-14-25(27)31)22-18-19-30-28(20-22)23-12-8-9-17-29(23)33-30/h1-20H/i4D,5D,6D,7D,13D,14D,15D,16D. The molecule has 0 aliphatic heterocycles. The van der Waals surface area contributed by atoms with E-state index in [-0.39, 0.29) is 45.7 Å². The summed E-state index contributed by atoms with van der Waals surface area (Å²) in [6.45, 7) is 0. The van der Waals surface area contributed by atoms with Crippen molar-refractivity contribution in [2.45, 2.75) is 0 Å². The van der Waals surface area contributed by atoms with Gasteiger partial charge in [0.2, 0.25) is 0 Å². The molecule has 0 bridgehead atoms. The number of fused-ring (bicyclic) bond motifs is 5. The highest BCUT2D eigenvalue weighted by molar-refractivity contribution is 6.22. The molecule has 0 radical (unpaired) electrons. The highest BCUT2D eigenvalue weighted by atomic mass is 16.3. The molecule has 0 atom stereocenters. The third-order valence-electron chi connectivity index (χ3n) is 6.10. The summed E-state index contributed by atoms with van der Waals surface area (Å²) in [5, 5.41) is 2.44. The molecule has 0 saturated carbocycles. The smallest absolute Gasteiger partial charge is 0.135 e. The van der Waals surface area contributed by atoms with E-state index < -0.39 is 24.2 Å². The van der Waals surface area contributed by atoms with Crippen LogP contribution in [-0.4, -0.2) is 0 Å². The van der Waals surface area contributed by atoms with Gasteiger partial charge in [0.25, 0.3) is 0 Å². The predicted octanol–water partition coefficient (Wildman–Crippen LogP) is 9.23. The van der Waals surface area contributed by atoms with Crippen LogP contribution in [0.2, 0.25) is 0 Å². The van der Waals surface area contributed by atoms with E-state index in [4.69, 9.17) is 15.4 Å². The topological polar surface area (TPSA) is 13.1 Å². The number of benzene rings is 6. The molecule has 0 saturated heterocycles. The lowest BCUT2D eigenvalue weighted by Gasteiger charge is -2.17. The van der Waals surface area contributed by atoms with Crippen molar-refractivity contribution in [3.05, 3.63) is 121 Å². The zero-order valence-corrected chi connectivity index (χ0v) is 17.3. The Bertz CT molecular complexity index is 2160. The molecule has 0 N–H and O–H groups in total. The monoisotopic (exact) mass is 428 g/mol. The van der Waals surface area contributed by atoms with Crippen LogP contribution in [0.4, 0.5) is 0 Å². The number of hydrogen-bond acceptors (Lipinski definition) is 1. The van der Waals surface area contributed by atoms with Gasteiger partial charge >= 0.3 is 0 Å². The van der Waals surface area contributed by atoms with Crippen LogP contribution in [0.1, 0.15) is 11.0 Å². The molecule has 0 aliphatic carbocycles. The van der Waals surface area contributed by atoms with Gasteiger partial charge in [-0.25, -0.2) is 0 Å². The highest BCUT2D eigenvalue weighted by Gasteiger charge is 2.17. The number of rotatable bonds is 2. The Morgan fingerprint density at radius 3 is 1.67 bits per heavy atom. The Kier molecular flexibility index (Phi) is 2.58. The second-order valence-corrected chi connectivity index (χ2v) is 7.93. The van der Waals surface area contributed by atoms with Crippen LogP contribution in [0.3, 0.4) is 0 Å². The minimum Gasteiger partial charge on any atom is -0.456 e. The lowest BCUT2D eigenvalue weighted by Crippen LogP contribution is -1.90. The Morgan fingerprint density at radius 1 is 0.455 bits per heavy atom. The average Bonchev–Trinajstić information content (AvgIpc) is 3.37. The van der Waals surface area contributed by atoms with Gasteiger partial charge in [0.05, 0.1) is 11.0 Å². The molecule has 0 amide bonds. The zero-order chi connectivity index (χ0) is 28.7. The third-order valence-corrected chi connectivity index (χ3v) is 6.10. The molecule has 7 rings (SSSR count). The maximum absolute atomic E-state index is 9.03. The van der Waals surface area contributed by atoms with E-state index in [0.29, 0.717) is 33.4 Å². The van der Waals surface area contributed by atoms with E-state index in [9.17, 15) is 0 Å². The zero-order valence-electron chi connectivity index (χ0n) is 25.3. The van der Waals surface area contributed by atoms with Crippen LogP contribution in [0.25, 0.3) is 65.7 Å². The van der Waals surface area contributed by atoms with Crippen molar-refractivity contribution in [3.8, 4) is 22.3 Å². The SMILES string of the molecule is [2H]c1c([2H])c([2H])c2c(-c3ccc4oc5ccccc5c4c3)c3c([2H])c([2H])c([2H])c([2H])c3c(-c3ccccc3)c2c1[2H]. The third kappa shape index (κ3) is 2.73. The van der Waals surface area contributed by atoms with Crippen LogP contribution in [0, 0.1) is 0 Å².